The standard InChI is InChI=1S/C19H20F3NO3S/c20-19(21,22)17-7-5-14(6-8-17)12-27(25,26)23-13-18(24)10-9-15-3-1-2-4-16(15)11-18/h1-8,23-24H,9-13H2/t18-/m1/s1. The monoisotopic (exact) mass is 399 g/mol. The number of rotatable bonds is 5. The molecular weight excluding hydrogens is 379 g/mol. The molecule has 0 radical (unpaired) electrons. The molecule has 0 aliphatic heterocycles. The van der Waals surface area contributed by atoms with Crippen LogP contribution in [0.25, 0.3) is 0 Å². The van der Waals surface area contributed by atoms with Crippen molar-refractivity contribution >= 4 is 10.0 Å². The number of hydrogen-bond acceptors (Lipinski definition) is 3. The number of fused-ring (bicyclic) bond motifs is 1. The predicted molar refractivity (Wildman–Crippen MR) is 95.5 cm³/mol. The highest BCUT2D eigenvalue weighted by molar-refractivity contribution is 7.88. The highest BCUT2D eigenvalue weighted by Crippen LogP contribution is 2.30. The van der Waals surface area contributed by atoms with Crippen molar-refractivity contribution in [3.05, 3.63) is 70.8 Å². The molecule has 0 bridgehead atoms. The maximum absolute atomic E-state index is 12.6. The lowest BCUT2D eigenvalue weighted by Crippen LogP contribution is -2.46. The summed E-state index contributed by atoms with van der Waals surface area (Å²) >= 11 is 0. The van der Waals surface area contributed by atoms with Crippen LogP contribution in [0.2, 0.25) is 0 Å². The van der Waals surface area contributed by atoms with Gasteiger partial charge in [-0.05, 0) is 41.7 Å². The lowest BCUT2D eigenvalue weighted by atomic mass is 9.80. The third-order valence-electron chi connectivity index (χ3n) is 4.76. The fourth-order valence-electron chi connectivity index (χ4n) is 3.24. The van der Waals surface area contributed by atoms with Gasteiger partial charge in [-0.25, -0.2) is 13.1 Å². The molecule has 1 atom stereocenters. The van der Waals surface area contributed by atoms with Gasteiger partial charge in [-0.3, -0.25) is 0 Å². The van der Waals surface area contributed by atoms with Gasteiger partial charge in [0, 0.05) is 13.0 Å². The van der Waals surface area contributed by atoms with Crippen LogP contribution < -0.4 is 4.72 Å². The van der Waals surface area contributed by atoms with E-state index in [1.165, 1.54) is 0 Å². The average Bonchev–Trinajstić information content (AvgIpc) is 2.60. The quantitative estimate of drug-likeness (QED) is 0.812. The second-order valence-electron chi connectivity index (χ2n) is 6.94. The van der Waals surface area contributed by atoms with Gasteiger partial charge in [0.25, 0.3) is 0 Å². The Morgan fingerprint density at radius 2 is 1.67 bits per heavy atom. The van der Waals surface area contributed by atoms with E-state index in [0.29, 0.717) is 19.3 Å². The first-order valence-electron chi connectivity index (χ1n) is 8.49. The average molecular weight is 399 g/mol. The van der Waals surface area contributed by atoms with Gasteiger partial charge in [-0.2, -0.15) is 13.2 Å². The smallest absolute Gasteiger partial charge is 0.388 e. The first-order chi connectivity index (χ1) is 12.6. The number of alkyl halides is 3. The molecule has 0 aromatic heterocycles. The van der Waals surface area contributed by atoms with Crippen molar-refractivity contribution in [2.45, 2.75) is 36.8 Å². The van der Waals surface area contributed by atoms with Gasteiger partial charge in [0.15, 0.2) is 0 Å². The molecule has 146 valence electrons. The second kappa shape index (κ2) is 7.26. The van der Waals surface area contributed by atoms with Crippen LogP contribution in [0.15, 0.2) is 48.5 Å². The number of aliphatic hydroxyl groups is 1. The summed E-state index contributed by atoms with van der Waals surface area (Å²) in [6.07, 6.45) is -3.01. The van der Waals surface area contributed by atoms with Crippen molar-refractivity contribution in [3.63, 3.8) is 0 Å². The Hall–Kier alpha value is -1.90. The molecular formula is C19H20F3NO3S. The molecule has 0 spiro atoms. The van der Waals surface area contributed by atoms with Crippen LogP contribution in [-0.2, 0) is 34.8 Å². The van der Waals surface area contributed by atoms with Crippen molar-refractivity contribution in [2.24, 2.45) is 0 Å². The van der Waals surface area contributed by atoms with E-state index in [2.05, 4.69) is 4.72 Å². The lowest BCUT2D eigenvalue weighted by molar-refractivity contribution is -0.137. The third kappa shape index (κ3) is 5.09. The van der Waals surface area contributed by atoms with Crippen LogP contribution in [0.5, 0.6) is 0 Å². The maximum Gasteiger partial charge on any atom is 0.416 e. The van der Waals surface area contributed by atoms with Gasteiger partial charge >= 0.3 is 6.18 Å². The Labute approximate surface area is 156 Å². The van der Waals surface area contributed by atoms with Crippen LogP contribution in [0.4, 0.5) is 13.2 Å². The molecule has 0 amide bonds. The van der Waals surface area contributed by atoms with Crippen molar-refractivity contribution in [1.29, 1.82) is 0 Å². The predicted octanol–water partition coefficient (Wildman–Crippen LogP) is 3.04. The van der Waals surface area contributed by atoms with Crippen LogP contribution in [0.3, 0.4) is 0 Å². The van der Waals surface area contributed by atoms with Gasteiger partial charge in [0.1, 0.15) is 0 Å². The summed E-state index contributed by atoms with van der Waals surface area (Å²) in [7, 11) is -3.79. The molecule has 0 saturated carbocycles. The molecule has 0 saturated heterocycles. The zero-order chi connectivity index (χ0) is 19.7. The zero-order valence-corrected chi connectivity index (χ0v) is 15.3. The number of aryl methyl sites for hydroxylation is 1. The third-order valence-corrected chi connectivity index (χ3v) is 6.05. The molecule has 0 fully saturated rings. The molecule has 0 unspecified atom stereocenters. The topological polar surface area (TPSA) is 66.4 Å². The van der Waals surface area contributed by atoms with Gasteiger partial charge in [0.05, 0.1) is 16.9 Å². The van der Waals surface area contributed by atoms with Gasteiger partial charge in [-0.1, -0.05) is 36.4 Å². The van der Waals surface area contributed by atoms with Crippen molar-refractivity contribution in [3.8, 4) is 0 Å². The molecule has 1 aliphatic rings. The zero-order valence-electron chi connectivity index (χ0n) is 14.5. The van der Waals surface area contributed by atoms with E-state index in [0.717, 1.165) is 35.4 Å². The van der Waals surface area contributed by atoms with E-state index < -0.39 is 33.1 Å². The van der Waals surface area contributed by atoms with E-state index in [-0.39, 0.29) is 12.1 Å². The molecule has 2 N–H and O–H groups in total. The minimum atomic E-state index is -4.46. The summed E-state index contributed by atoms with van der Waals surface area (Å²) in [5.74, 6) is -0.447. The summed E-state index contributed by atoms with van der Waals surface area (Å²) in [6.45, 7) is -0.135. The molecule has 4 nitrogen and oxygen atoms in total. The molecule has 2 aromatic carbocycles. The highest BCUT2D eigenvalue weighted by atomic mass is 32.2. The summed E-state index contributed by atoms with van der Waals surface area (Å²) < 4.78 is 64.6. The largest absolute Gasteiger partial charge is 0.416 e. The molecule has 8 heteroatoms. The van der Waals surface area contributed by atoms with E-state index in [1.807, 2.05) is 24.3 Å². The fraction of sp³-hybridized carbons (Fsp3) is 0.368. The Bertz CT molecular complexity index is 911. The fourth-order valence-corrected chi connectivity index (χ4v) is 4.46. The Balaban J connectivity index is 1.62. The molecule has 2 aromatic rings. The maximum atomic E-state index is 12.6. The van der Waals surface area contributed by atoms with Gasteiger partial charge in [0.2, 0.25) is 10.0 Å². The van der Waals surface area contributed by atoms with Crippen LogP contribution in [0, 0.1) is 0 Å². The molecule has 3 rings (SSSR count). The van der Waals surface area contributed by atoms with Gasteiger partial charge in [-0.15, -0.1) is 0 Å². The highest BCUT2D eigenvalue weighted by Gasteiger charge is 2.33. The number of hydrogen-bond donors (Lipinski definition) is 2. The van der Waals surface area contributed by atoms with Crippen molar-refractivity contribution in [2.75, 3.05) is 6.54 Å². The van der Waals surface area contributed by atoms with Crippen LogP contribution in [-0.4, -0.2) is 25.7 Å². The summed E-state index contributed by atoms with van der Waals surface area (Å²) in [5.41, 5.74) is 0.382. The van der Waals surface area contributed by atoms with Crippen molar-refractivity contribution < 1.29 is 26.7 Å². The Kier molecular flexibility index (Phi) is 5.33. The first kappa shape index (κ1) is 19.9. The number of sulfonamides is 1. The minimum absolute atomic E-state index is 0.135. The van der Waals surface area contributed by atoms with E-state index in [9.17, 15) is 26.7 Å². The summed E-state index contributed by atoms with van der Waals surface area (Å²) in [4.78, 5) is 0. The lowest BCUT2D eigenvalue weighted by Gasteiger charge is -2.33. The Morgan fingerprint density at radius 1 is 1.04 bits per heavy atom. The number of nitrogens with one attached hydrogen (secondary N) is 1. The van der Waals surface area contributed by atoms with Crippen molar-refractivity contribution in [1.82, 2.24) is 4.72 Å². The minimum Gasteiger partial charge on any atom is -0.388 e. The molecule has 27 heavy (non-hydrogen) atoms. The Morgan fingerprint density at radius 3 is 2.30 bits per heavy atom. The number of halogens is 3. The normalized spacial score (nSPS) is 20.3. The van der Waals surface area contributed by atoms with Crippen LogP contribution in [0.1, 0.15) is 28.7 Å². The van der Waals surface area contributed by atoms with E-state index in [1.54, 1.807) is 0 Å². The SMILES string of the molecule is O=S(=O)(Cc1ccc(C(F)(F)F)cc1)NC[C@@]1(O)CCc2ccccc2C1. The second-order valence-corrected chi connectivity index (χ2v) is 8.75. The van der Waals surface area contributed by atoms with Gasteiger partial charge < -0.3 is 5.11 Å². The molecule has 0 heterocycles. The van der Waals surface area contributed by atoms with Crippen LogP contribution >= 0.6 is 0 Å². The molecule has 1 aliphatic carbocycles. The number of benzene rings is 2. The van der Waals surface area contributed by atoms with E-state index in [4.69, 9.17) is 0 Å². The van der Waals surface area contributed by atoms with E-state index >= 15 is 0 Å². The summed E-state index contributed by atoms with van der Waals surface area (Å²) in [6, 6.07) is 11.7. The summed E-state index contributed by atoms with van der Waals surface area (Å²) in [5, 5.41) is 10.7. The first-order valence-corrected chi connectivity index (χ1v) is 10.1.